The van der Waals surface area contributed by atoms with E-state index in [1.54, 1.807) is 0 Å². The van der Waals surface area contributed by atoms with Gasteiger partial charge in [-0.25, -0.2) is 0 Å². The van der Waals surface area contributed by atoms with Gasteiger partial charge in [-0.2, -0.15) is 0 Å². The molecule has 0 aliphatic carbocycles. The van der Waals surface area contributed by atoms with Gasteiger partial charge in [0, 0.05) is 32.0 Å². The lowest BCUT2D eigenvalue weighted by Gasteiger charge is -2.13. The molecule has 0 saturated carbocycles. The van der Waals surface area contributed by atoms with Crippen molar-refractivity contribution in [1.29, 1.82) is 0 Å². The lowest BCUT2D eigenvalue weighted by Crippen LogP contribution is -2.12. The molecule has 20 heavy (non-hydrogen) atoms. The average Bonchev–Trinajstić information content (AvgIpc) is 2.46. The first-order chi connectivity index (χ1) is 9.65. The standard InChI is InChI=1S/C17H22N2O/c1-14-4-10-17(11-5-14)20-13-12-18-15-6-8-16(9-7-15)19(2)3/h4-11,18H,12-13H2,1-3H3. The molecule has 0 aliphatic rings. The van der Waals surface area contributed by atoms with E-state index in [-0.39, 0.29) is 0 Å². The van der Waals surface area contributed by atoms with Crippen molar-refractivity contribution in [2.24, 2.45) is 0 Å². The predicted octanol–water partition coefficient (Wildman–Crippen LogP) is 3.55. The lowest BCUT2D eigenvalue weighted by atomic mass is 10.2. The minimum Gasteiger partial charge on any atom is -0.492 e. The number of hydrogen-bond acceptors (Lipinski definition) is 3. The van der Waals surface area contributed by atoms with Gasteiger partial charge in [-0.05, 0) is 43.3 Å². The van der Waals surface area contributed by atoms with Crippen LogP contribution < -0.4 is 15.0 Å². The van der Waals surface area contributed by atoms with Crippen molar-refractivity contribution in [3.63, 3.8) is 0 Å². The van der Waals surface area contributed by atoms with Crippen LogP contribution in [0, 0.1) is 6.92 Å². The van der Waals surface area contributed by atoms with E-state index >= 15 is 0 Å². The highest BCUT2D eigenvalue weighted by Gasteiger charge is 1.96. The minimum absolute atomic E-state index is 0.651. The van der Waals surface area contributed by atoms with Crippen molar-refractivity contribution in [3.8, 4) is 5.75 Å². The highest BCUT2D eigenvalue weighted by molar-refractivity contribution is 5.54. The normalized spacial score (nSPS) is 10.2. The van der Waals surface area contributed by atoms with Crippen LogP contribution in [0.3, 0.4) is 0 Å². The number of nitrogens with one attached hydrogen (secondary N) is 1. The molecule has 2 rings (SSSR count). The molecule has 3 heteroatoms. The van der Waals surface area contributed by atoms with E-state index in [1.807, 2.05) is 26.2 Å². The van der Waals surface area contributed by atoms with Gasteiger partial charge < -0.3 is 15.0 Å². The fourth-order valence-electron chi connectivity index (χ4n) is 1.88. The van der Waals surface area contributed by atoms with E-state index in [4.69, 9.17) is 4.74 Å². The fourth-order valence-corrected chi connectivity index (χ4v) is 1.88. The Morgan fingerprint density at radius 2 is 1.60 bits per heavy atom. The first kappa shape index (κ1) is 14.3. The monoisotopic (exact) mass is 270 g/mol. The molecule has 0 spiro atoms. The van der Waals surface area contributed by atoms with E-state index in [2.05, 4.69) is 53.5 Å². The summed E-state index contributed by atoms with van der Waals surface area (Å²) in [6, 6.07) is 16.5. The molecule has 2 aromatic rings. The Labute approximate surface area is 121 Å². The van der Waals surface area contributed by atoms with Gasteiger partial charge in [-0.3, -0.25) is 0 Å². The molecule has 3 nitrogen and oxygen atoms in total. The van der Waals surface area contributed by atoms with E-state index < -0.39 is 0 Å². The van der Waals surface area contributed by atoms with Crippen molar-refractivity contribution >= 4 is 11.4 Å². The number of hydrogen-bond donors (Lipinski definition) is 1. The van der Waals surface area contributed by atoms with Crippen LogP contribution in [0.15, 0.2) is 48.5 Å². The zero-order valence-electron chi connectivity index (χ0n) is 12.4. The smallest absolute Gasteiger partial charge is 0.119 e. The molecule has 2 aromatic carbocycles. The molecule has 0 amide bonds. The molecule has 0 fully saturated rings. The SMILES string of the molecule is Cc1ccc(OCCNc2ccc(N(C)C)cc2)cc1. The Bertz CT molecular complexity index is 518. The zero-order valence-corrected chi connectivity index (χ0v) is 12.4. The maximum absolute atomic E-state index is 5.67. The van der Waals surface area contributed by atoms with Gasteiger partial charge in [-0.1, -0.05) is 17.7 Å². The summed E-state index contributed by atoms with van der Waals surface area (Å²) in [5.74, 6) is 0.917. The van der Waals surface area contributed by atoms with Crippen molar-refractivity contribution in [1.82, 2.24) is 0 Å². The van der Waals surface area contributed by atoms with Crippen LogP contribution in [0.1, 0.15) is 5.56 Å². The topological polar surface area (TPSA) is 24.5 Å². The van der Waals surface area contributed by atoms with Gasteiger partial charge in [0.05, 0.1) is 0 Å². The summed E-state index contributed by atoms with van der Waals surface area (Å²) in [5, 5.41) is 3.35. The van der Waals surface area contributed by atoms with Crippen LogP contribution >= 0.6 is 0 Å². The fraction of sp³-hybridized carbons (Fsp3) is 0.294. The summed E-state index contributed by atoms with van der Waals surface area (Å²) in [7, 11) is 4.08. The van der Waals surface area contributed by atoms with Gasteiger partial charge in [0.2, 0.25) is 0 Å². The Morgan fingerprint density at radius 3 is 2.20 bits per heavy atom. The van der Waals surface area contributed by atoms with Crippen LogP contribution in [-0.2, 0) is 0 Å². The molecule has 0 aromatic heterocycles. The van der Waals surface area contributed by atoms with Crippen molar-refractivity contribution in [3.05, 3.63) is 54.1 Å². The van der Waals surface area contributed by atoms with Crippen LogP contribution in [-0.4, -0.2) is 27.2 Å². The number of aryl methyl sites for hydroxylation is 1. The third-order valence-corrected chi connectivity index (χ3v) is 3.10. The third-order valence-electron chi connectivity index (χ3n) is 3.10. The Kier molecular flexibility index (Phi) is 4.88. The van der Waals surface area contributed by atoms with E-state index in [1.165, 1.54) is 11.3 Å². The van der Waals surface area contributed by atoms with Crippen molar-refractivity contribution in [2.45, 2.75) is 6.92 Å². The third kappa shape index (κ3) is 4.19. The second kappa shape index (κ2) is 6.85. The summed E-state index contributed by atoms with van der Waals surface area (Å²) in [6.45, 7) is 3.51. The van der Waals surface area contributed by atoms with Crippen molar-refractivity contribution < 1.29 is 4.74 Å². The number of anilines is 2. The van der Waals surface area contributed by atoms with Gasteiger partial charge in [-0.15, -0.1) is 0 Å². The quantitative estimate of drug-likeness (QED) is 0.812. The first-order valence-electron chi connectivity index (χ1n) is 6.86. The molecule has 0 heterocycles. The maximum atomic E-state index is 5.67. The summed E-state index contributed by atoms with van der Waals surface area (Å²) >= 11 is 0. The van der Waals surface area contributed by atoms with E-state index in [0.717, 1.165) is 18.0 Å². The van der Waals surface area contributed by atoms with Gasteiger partial charge in [0.1, 0.15) is 12.4 Å². The van der Waals surface area contributed by atoms with Crippen LogP contribution in [0.25, 0.3) is 0 Å². The first-order valence-corrected chi connectivity index (χ1v) is 6.86. The number of nitrogens with zero attached hydrogens (tertiary/aromatic N) is 1. The molecular weight excluding hydrogens is 248 g/mol. The second-order valence-electron chi connectivity index (χ2n) is 5.03. The maximum Gasteiger partial charge on any atom is 0.119 e. The summed E-state index contributed by atoms with van der Waals surface area (Å²) in [5.41, 5.74) is 3.56. The van der Waals surface area contributed by atoms with Crippen LogP contribution in [0.2, 0.25) is 0 Å². The molecular formula is C17H22N2O. The van der Waals surface area contributed by atoms with Crippen LogP contribution in [0.5, 0.6) is 5.75 Å². The van der Waals surface area contributed by atoms with Gasteiger partial charge >= 0.3 is 0 Å². The van der Waals surface area contributed by atoms with E-state index in [9.17, 15) is 0 Å². The highest BCUT2D eigenvalue weighted by atomic mass is 16.5. The Hall–Kier alpha value is -2.16. The molecule has 0 bridgehead atoms. The Balaban J connectivity index is 1.74. The molecule has 0 saturated heterocycles. The molecule has 1 N–H and O–H groups in total. The second-order valence-corrected chi connectivity index (χ2v) is 5.03. The average molecular weight is 270 g/mol. The predicted molar refractivity (Wildman–Crippen MR) is 85.9 cm³/mol. The lowest BCUT2D eigenvalue weighted by molar-refractivity contribution is 0.333. The van der Waals surface area contributed by atoms with Crippen molar-refractivity contribution in [2.75, 3.05) is 37.5 Å². The van der Waals surface area contributed by atoms with E-state index in [0.29, 0.717) is 6.61 Å². The summed E-state index contributed by atoms with van der Waals surface area (Å²) < 4.78 is 5.67. The number of ether oxygens (including phenoxy) is 1. The summed E-state index contributed by atoms with van der Waals surface area (Å²) in [4.78, 5) is 2.09. The largest absolute Gasteiger partial charge is 0.492 e. The van der Waals surface area contributed by atoms with Crippen LogP contribution in [0.4, 0.5) is 11.4 Å². The van der Waals surface area contributed by atoms with Gasteiger partial charge in [0.25, 0.3) is 0 Å². The molecule has 0 radical (unpaired) electrons. The number of rotatable bonds is 6. The zero-order chi connectivity index (χ0) is 14.4. The number of benzene rings is 2. The molecule has 0 atom stereocenters. The van der Waals surface area contributed by atoms with Gasteiger partial charge in [0.15, 0.2) is 0 Å². The minimum atomic E-state index is 0.651. The Morgan fingerprint density at radius 1 is 0.950 bits per heavy atom. The molecule has 0 unspecified atom stereocenters. The summed E-state index contributed by atoms with van der Waals surface area (Å²) in [6.07, 6.45) is 0. The highest BCUT2D eigenvalue weighted by Crippen LogP contribution is 2.15. The molecule has 0 aliphatic heterocycles. The molecule has 106 valence electrons.